The van der Waals surface area contributed by atoms with E-state index in [1.807, 2.05) is 51.1 Å². The van der Waals surface area contributed by atoms with E-state index < -0.39 is 0 Å². The number of hydrogen-bond donors (Lipinski definition) is 2. The van der Waals surface area contributed by atoms with Gasteiger partial charge in [-0.05, 0) is 79.5 Å². The number of pyridine rings is 1. The Hall–Kier alpha value is -3.02. The smallest absolute Gasteiger partial charge is 0.255 e. The fourth-order valence-corrected chi connectivity index (χ4v) is 5.63. The lowest BCUT2D eigenvalue weighted by Gasteiger charge is -2.46. The molecule has 1 aromatic heterocycles. The third kappa shape index (κ3) is 5.31. The van der Waals surface area contributed by atoms with Crippen molar-refractivity contribution in [3.63, 3.8) is 0 Å². The number of nitrogens with one attached hydrogen (secondary N) is 1. The first kappa shape index (κ1) is 25.1. The molecule has 0 radical (unpaired) electrons. The van der Waals surface area contributed by atoms with Gasteiger partial charge in [0, 0.05) is 17.2 Å². The Labute approximate surface area is 208 Å². The van der Waals surface area contributed by atoms with Crippen LogP contribution >= 0.6 is 0 Å². The van der Waals surface area contributed by atoms with Crippen molar-refractivity contribution < 1.29 is 14.6 Å². The van der Waals surface area contributed by atoms with Crippen LogP contribution in [0.25, 0.3) is 0 Å². The Bertz CT molecular complexity index is 1150. The molecule has 3 unspecified atom stereocenters. The quantitative estimate of drug-likeness (QED) is 0.500. The summed E-state index contributed by atoms with van der Waals surface area (Å²) in [6.07, 6.45) is 4.78. The lowest BCUT2D eigenvalue weighted by atomic mass is 9.59. The van der Waals surface area contributed by atoms with Crippen LogP contribution in [0, 0.1) is 12.8 Å². The highest BCUT2D eigenvalue weighted by Gasteiger charge is 2.46. The zero-order chi connectivity index (χ0) is 24.8. The van der Waals surface area contributed by atoms with Crippen LogP contribution in [0.4, 0.5) is 5.69 Å². The normalized spacial score (nSPS) is 23.1. The van der Waals surface area contributed by atoms with Crippen molar-refractivity contribution in [3.05, 3.63) is 94.8 Å². The molecule has 0 saturated heterocycles. The molecule has 5 nitrogen and oxygen atoms in total. The lowest BCUT2D eigenvalue weighted by molar-refractivity contribution is 0.00164. The molecular formula is C30H36N2O3. The van der Waals surface area contributed by atoms with Gasteiger partial charge in [0.1, 0.15) is 0 Å². The number of rotatable bonds is 4. The molecule has 2 aromatic carbocycles. The second-order valence-corrected chi connectivity index (χ2v) is 9.42. The summed E-state index contributed by atoms with van der Waals surface area (Å²) in [5.74, 6) is 0.0892. The Morgan fingerprint density at radius 1 is 1.14 bits per heavy atom. The number of benzene rings is 2. The van der Waals surface area contributed by atoms with Crippen molar-refractivity contribution >= 4 is 11.6 Å². The van der Waals surface area contributed by atoms with Crippen LogP contribution in [-0.4, -0.2) is 28.7 Å². The van der Waals surface area contributed by atoms with Crippen LogP contribution < -0.4 is 5.32 Å². The number of aliphatic hydroxyl groups excluding tert-OH is 1. The number of aromatic nitrogens is 1. The number of anilines is 1. The molecule has 3 atom stereocenters. The molecule has 5 rings (SSSR count). The summed E-state index contributed by atoms with van der Waals surface area (Å²) in [7, 11) is 0. The Kier molecular flexibility index (Phi) is 7.99. The van der Waals surface area contributed by atoms with Gasteiger partial charge in [0.25, 0.3) is 5.91 Å². The fraction of sp³-hybridized carbons (Fsp3) is 0.400. The van der Waals surface area contributed by atoms with Crippen molar-refractivity contribution in [1.82, 2.24) is 4.98 Å². The van der Waals surface area contributed by atoms with Gasteiger partial charge < -0.3 is 15.2 Å². The molecule has 2 heterocycles. The highest BCUT2D eigenvalue weighted by Crippen LogP contribution is 2.49. The topological polar surface area (TPSA) is 71.5 Å². The minimum Gasteiger partial charge on any atom is -0.393 e. The van der Waals surface area contributed by atoms with Gasteiger partial charge in [-0.1, -0.05) is 50.2 Å². The average Bonchev–Trinajstić information content (AvgIpc) is 3.03. The van der Waals surface area contributed by atoms with Crippen molar-refractivity contribution in [2.24, 2.45) is 5.92 Å². The van der Waals surface area contributed by atoms with E-state index in [0.29, 0.717) is 18.8 Å². The number of aliphatic hydroxyl groups is 1. The minimum absolute atomic E-state index is 0.110. The van der Waals surface area contributed by atoms with E-state index >= 15 is 0 Å². The number of nitrogens with zero attached hydrogens (tertiary/aromatic N) is 1. The molecule has 0 spiro atoms. The molecule has 1 saturated carbocycles. The van der Waals surface area contributed by atoms with Crippen LogP contribution in [0.3, 0.4) is 0 Å². The van der Waals surface area contributed by atoms with Crippen molar-refractivity contribution in [2.75, 3.05) is 11.9 Å². The predicted octanol–water partition coefficient (Wildman–Crippen LogP) is 5.84. The first-order valence-corrected chi connectivity index (χ1v) is 12.7. The Balaban J connectivity index is 0.00000141. The maximum atomic E-state index is 13.0. The number of ether oxygens (including phenoxy) is 1. The standard InChI is InChI=1S/C28H30N2O3.C2H6/c1-19-26(8-5-13-29-19)30-27(32)21-9-10-25-22(14-21)17-33-18-23-15-24(31)11-12-28(23,25)16-20-6-3-2-4-7-20;1-2/h2-10,13-14,23-24,31H,11-12,15-18H2,1H3,(H,30,32);1-2H3. The highest BCUT2D eigenvalue weighted by molar-refractivity contribution is 6.04. The minimum atomic E-state index is -0.281. The largest absolute Gasteiger partial charge is 0.393 e. The molecule has 3 aromatic rings. The van der Waals surface area contributed by atoms with E-state index in [2.05, 4.69) is 40.6 Å². The fourth-order valence-electron chi connectivity index (χ4n) is 5.63. The zero-order valence-electron chi connectivity index (χ0n) is 21.0. The maximum absolute atomic E-state index is 13.0. The summed E-state index contributed by atoms with van der Waals surface area (Å²) in [4.78, 5) is 17.3. The van der Waals surface area contributed by atoms with E-state index in [1.165, 1.54) is 11.1 Å². The van der Waals surface area contributed by atoms with Crippen LogP contribution in [-0.2, 0) is 23.2 Å². The summed E-state index contributed by atoms with van der Waals surface area (Å²) >= 11 is 0. The highest BCUT2D eigenvalue weighted by atomic mass is 16.5. The monoisotopic (exact) mass is 472 g/mol. The van der Waals surface area contributed by atoms with Crippen LogP contribution in [0.2, 0.25) is 0 Å². The molecule has 2 N–H and O–H groups in total. The van der Waals surface area contributed by atoms with Crippen molar-refractivity contribution in [3.8, 4) is 0 Å². The summed E-state index contributed by atoms with van der Waals surface area (Å²) < 4.78 is 6.12. The van der Waals surface area contributed by atoms with E-state index in [-0.39, 0.29) is 23.3 Å². The summed E-state index contributed by atoms with van der Waals surface area (Å²) in [5, 5.41) is 13.4. The van der Waals surface area contributed by atoms with E-state index in [0.717, 1.165) is 42.6 Å². The van der Waals surface area contributed by atoms with Crippen LogP contribution in [0.5, 0.6) is 0 Å². The predicted molar refractivity (Wildman–Crippen MR) is 140 cm³/mol. The molecule has 1 amide bonds. The first-order valence-electron chi connectivity index (χ1n) is 12.7. The Morgan fingerprint density at radius 3 is 2.71 bits per heavy atom. The Morgan fingerprint density at radius 2 is 1.94 bits per heavy atom. The van der Waals surface area contributed by atoms with Gasteiger partial charge in [-0.15, -0.1) is 0 Å². The van der Waals surface area contributed by atoms with Gasteiger partial charge >= 0.3 is 0 Å². The second-order valence-electron chi connectivity index (χ2n) is 9.42. The van der Waals surface area contributed by atoms with Crippen molar-refractivity contribution in [2.45, 2.75) is 64.6 Å². The van der Waals surface area contributed by atoms with Gasteiger partial charge in [-0.25, -0.2) is 0 Å². The molecule has 35 heavy (non-hydrogen) atoms. The molecule has 0 bridgehead atoms. The third-order valence-corrected chi connectivity index (χ3v) is 7.36. The maximum Gasteiger partial charge on any atom is 0.255 e. The molecule has 1 aliphatic carbocycles. The second kappa shape index (κ2) is 11.1. The molecule has 2 aliphatic rings. The van der Waals surface area contributed by atoms with E-state index in [1.54, 1.807) is 6.20 Å². The molecular weight excluding hydrogens is 436 g/mol. The summed E-state index contributed by atoms with van der Waals surface area (Å²) in [6, 6.07) is 20.3. The average molecular weight is 473 g/mol. The zero-order valence-corrected chi connectivity index (χ0v) is 21.0. The van der Waals surface area contributed by atoms with Gasteiger partial charge in [-0.2, -0.15) is 0 Å². The van der Waals surface area contributed by atoms with Gasteiger partial charge in [0.15, 0.2) is 0 Å². The van der Waals surface area contributed by atoms with Crippen LogP contribution in [0.1, 0.15) is 65.9 Å². The van der Waals surface area contributed by atoms with Gasteiger partial charge in [-0.3, -0.25) is 9.78 Å². The van der Waals surface area contributed by atoms with E-state index in [4.69, 9.17) is 4.74 Å². The first-order chi connectivity index (χ1) is 17.0. The molecule has 184 valence electrons. The van der Waals surface area contributed by atoms with Gasteiger partial charge in [0.05, 0.1) is 30.7 Å². The number of hydrogen-bond acceptors (Lipinski definition) is 4. The number of carbonyl (C=O) groups excluding carboxylic acids is 1. The number of fused-ring (bicyclic) bond motifs is 3. The number of carbonyl (C=O) groups is 1. The number of amides is 1. The van der Waals surface area contributed by atoms with Crippen molar-refractivity contribution in [1.29, 1.82) is 0 Å². The SMILES string of the molecule is CC.Cc1ncccc1NC(=O)c1ccc2c(c1)COCC1CC(O)CCC21Cc1ccccc1. The van der Waals surface area contributed by atoms with Gasteiger partial charge in [0.2, 0.25) is 0 Å². The van der Waals surface area contributed by atoms with Crippen LogP contribution in [0.15, 0.2) is 66.9 Å². The summed E-state index contributed by atoms with van der Waals surface area (Å²) in [6.45, 7) is 6.98. The van der Waals surface area contributed by atoms with E-state index in [9.17, 15) is 9.90 Å². The number of aryl methyl sites for hydroxylation is 1. The summed E-state index contributed by atoms with van der Waals surface area (Å²) in [5.41, 5.74) is 5.63. The molecule has 5 heteroatoms. The third-order valence-electron chi connectivity index (χ3n) is 7.36. The lowest BCUT2D eigenvalue weighted by Crippen LogP contribution is -2.45. The molecule has 1 aliphatic heterocycles. The molecule has 1 fully saturated rings.